The third kappa shape index (κ3) is 2.85. The first-order valence-electron chi connectivity index (χ1n) is 4.80. The van der Waals surface area contributed by atoms with E-state index in [1.54, 1.807) is 0 Å². The Morgan fingerprint density at radius 1 is 1.00 bits per heavy atom. The maximum absolute atomic E-state index is 10.9. The van der Waals surface area contributed by atoms with Crippen LogP contribution in [0.5, 0.6) is 0 Å². The molecule has 0 bridgehead atoms. The highest BCUT2D eigenvalue weighted by atomic mass is 16.3. The van der Waals surface area contributed by atoms with Crippen LogP contribution in [0.1, 0.15) is 5.56 Å². The fourth-order valence-corrected chi connectivity index (χ4v) is 1.28. The van der Waals surface area contributed by atoms with Crippen LogP contribution in [0, 0.1) is 0 Å². The van der Waals surface area contributed by atoms with Crippen LogP contribution in [0.4, 0.5) is 21.0 Å². The quantitative estimate of drug-likeness (QED) is 0.256. The molecule has 0 atom stereocenters. The van der Waals surface area contributed by atoms with Gasteiger partial charge >= 0.3 is 12.1 Å². The summed E-state index contributed by atoms with van der Waals surface area (Å²) < 4.78 is 0. The summed E-state index contributed by atoms with van der Waals surface area (Å²) in [5.74, 6) is 10.8. The second-order valence-corrected chi connectivity index (χ2v) is 3.43. The lowest BCUT2D eigenvalue weighted by Crippen LogP contribution is -2.43. The maximum Gasteiger partial charge on any atom is 0.333 e. The smallest absolute Gasteiger partial charge is 0.333 e. The summed E-state index contributed by atoms with van der Waals surface area (Å²) in [5.41, 5.74) is 10.7. The largest absolute Gasteiger partial charge is 0.392 e. The van der Waals surface area contributed by atoms with E-state index in [-0.39, 0.29) is 18.0 Å². The lowest BCUT2D eigenvalue weighted by molar-refractivity contribution is 0.253. The normalized spacial score (nSPS) is 9.94. The highest BCUT2D eigenvalue weighted by molar-refractivity contribution is 5.93. The van der Waals surface area contributed by atoms with E-state index in [4.69, 9.17) is 28.3 Å². The minimum Gasteiger partial charge on any atom is -0.392 e. The number of hydrazine groups is 2. The van der Waals surface area contributed by atoms with E-state index >= 15 is 0 Å². The van der Waals surface area contributed by atoms with E-state index < -0.39 is 12.1 Å². The molecule has 98 valence electrons. The molecule has 0 spiro atoms. The summed E-state index contributed by atoms with van der Waals surface area (Å²) >= 11 is 0. The molecule has 1 rings (SSSR count). The molecular weight excluding hydrogens is 240 g/mol. The fourth-order valence-electron chi connectivity index (χ4n) is 1.28. The van der Waals surface area contributed by atoms with Gasteiger partial charge in [0.1, 0.15) is 0 Å². The predicted molar refractivity (Wildman–Crippen MR) is 64.9 cm³/mol. The Kier molecular flexibility index (Phi) is 4.05. The summed E-state index contributed by atoms with van der Waals surface area (Å²) in [7, 11) is 0. The van der Waals surface area contributed by atoms with Crippen molar-refractivity contribution in [1.82, 2.24) is 0 Å². The van der Waals surface area contributed by atoms with Crippen molar-refractivity contribution in [3.05, 3.63) is 23.8 Å². The number of nitrogens with zero attached hydrogens (tertiary/aromatic N) is 2. The molecule has 4 amide bonds. The minimum absolute atomic E-state index is 0.167. The number of rotatable bonds is 3. The van der Waals surface area contributed by atoms with Crippen molar-refractivity contribution in [3.63, 3.8) is 0 Å². The van der Waals surface area contributed by atoms with E-state index in [2.05, 4.69) is 0 Å². The van der Waals surface area contributed by atoms with Gasteiger partial charge in [0.25, 0.3) is 0 Å². The van der Waals surface area contributed by atoms with Gasteiger partial charge in [-0.25, -0.2) is 31.3 Å². The number of urea groups is 2. The molecule has 0 unspecified atom stereocenters. The second-order valence-electron chi connectivity index (χ2n) is 3.43. The highest BCUT2D eigenvalue weighted by Crippen LogP contribution is 2.22. The molecule has 0 heterocycles. The summed E-state index contributed by atoms with van der Waals surface area (Å²) in [5, 5.41) is 10.4. The summed E-state index contributed by atoms with van der Waals surface area (Å²) in [6.45, 7) is -0.333. The highest BCUT2D eigenvalue weighted by Gasteiger charge is 2.14. The first kappa shape index (κ1) is 13.7. The van der Waals surface area contributed by atoms with E-state index in [0.29, 0.717) is 15.6 Å². The molecule has 0 radical (unpaired) electrons. The van der Waals surface area contributed by atoms with Crippen LogP contribution < -0.4 is 33.2 Å². The molecule has 0 saturated heterocycles. The summed E-state index contributed by atoms with van der Waals surface area (Å²) in [6, 6.07) is 2.36. The molecule has 9 N–H and O–H groups in total. The van der Waals surface area contributed by atoms with Crippen molar-refractivity contribution in [3.8, 4) is 0 Å². The molecule has 1 aromatic carbocycles. The Hall–Kier alpha value is -2.36. The van der Waals surface area contributed by atoms with Gasteiger partial charge in [0, 0.05) is 0 Å². The first-order chi connectivity index (χ1) is 8.36. The Labute approximate surface area is 102 Å². The standard InChI is InChI=1S/C9H14N6O3/c10-8(17)14(12)6-1-5(4-16)2-7(3-6)15(13)9(11)18/h1-3,16H,4,12-13H2,(H2,10,17)(H2,11,18). The lowest BCUT2D eigenvalue weighted by atomic mass is 10.1. The van der Waals surface area contributed by atoms with Gasteiger partial charge in [-0.2, -0.15) is 0 Å². The Bertz CT molecular complexity index is 439. The molecule has 1 aromatic rings. The molecule has 0 aliphatic rings. The van der Waals surface area contributed by atoms with Gasteiger partial charge in [0.15, 0.2) is 0 Å². The molecule has 9 heteroatoms. The number of nitrogens with two attached hydrogens (primary N) is 4. The van der Waals surface area contributed by atoms with E-state index in [1.807, 2.05) is 0 Å². The number of anilines is 2. The van der Waals surface area contributed by atoms with Crippen molar-refractivity contribution in [2.75, 3.05) is 10.0 Å². The summed E-state index contributed by atoms with van der Waals surface area (Å²) in [6.07, 6.45) is 0. The zero-order chi connectivity index (χ0) is 13.9. The number of hydrogen-bond donors (Lipinski definition) is 5. The third-order valence-electron chi connectivity index (χ3n) is 2.18. The molecule has 0 saturated carbocycles. The van der Waals surface area contributed by atoms with Crippen LogP contribution in [0.15, 0.2) is 18.2 Å². The zero-order valence-corrected chi connectivity index (χ0v) is 9.41. The van der Waals surface area contributed by atoms with E-state index in [9.17, 15) is 9.59 Å². The molecule has 9 nitrogen and oxygen atoms in total. The fraction of sp³-hybridized carbons (Fsp3) is 0.111. The average molecular weight is 254 g/mol. The van der Waals surface area contributed by atoms with E-state index in [1.165, 1.54) is 18.2 Å². The molecule has 0 aromatic heterocycles. The van der Waals surface area contributed by atoms with Crippen molar-refractivity contribution in [1.29, 1.82) is 0 Å². The molecule has 0 aliphatic heterocycles. The van der Waals surface area contributed by atoms with Gasteiger partial charge in [0.05, 0.1) is 18.0 Å². The zero-order valence-electron chi connectivity index (χ0n) is 9.41. The molecule has 18 heavy (non-hydrogen) atoms. The number of carbonyl (C=O) groups is 2. The van der Waals surface area contributed by atoms with Crippen molar-refractivity contribution >= 4 is 23.4 Å². The van der Waals surface area contributed by atoms with Gasteiger partial charge in [-0.3, -0.25) is 0 Å². The van der Waals surface area contributed by atoms with Gasteiger partial charge in [-0.05, 0) is 23.8 Å². The van der Waals surface area contributed by atoms with Gasteiger partial charge < -0.3 is 16.6 Å². The Morgan fingerprint density at radius 3 is 1.67 bits per heavy atom. The first-order valence-corrected chi connectivity index (χ1v) is 4.80. The number of hydrogen-bond acceptors (Lipinski definition) is 5. The topological polar surface area (TPSA) is 165 Å². The van der Waals surface area contributed by atoms with Crippen molar-refractivity contribution in [2.24, 2.45) is 23.2 Å². The predicted octanol–water partition coefficient (Wildman–Crippen LogP) is -1.30. The van der Waals surface area contributed by atoms with Crippen LogP contribution in [-0.2, 0) is 6.61 Å². The number of aliphatic hydroxyl groups excluding tert-OH is 1. The van der Waals surface area contributed by atoms with Crippen LogP contribution in [0.3, 0.4) is 0 Å². The van der Waals surface area contributed by atoms with Crippen LogP contribution >= 0.6 is 0 Å². The van der Waals surface area contributed by atoms with Gasteiger partial charge in [-0.1, -0.05) is 0 Å². The minimum atomic E-state index is -0.904. The van der Waals surface area contributed by atoms with E-state index in [0.717, 1.165) is 0 Å². The monoisotopic (exact) mass is 254 g/mol. The molecular formula is C9H14N6O3. The van der Waals surface area contributed by atoms with Crippen molar-refractivity contribution in [2.45, 2.75) is 6.61 Å². The van der Waals surface area contributed by atoms with Crippen molar-refractivity contribution < 1.29 is 14.7 Å². The second kappa shape index (κ2) is 5.31. The van der Waals surface area contributed by atoms with Crippen LogP contribution in [0.2, 0.25) is 0 Å². The number of benzene rings is 1. The molecule has 0 aliphatic carbocycles. The molecule has 0 fully saturated rings. The van der Waals surface area contributed by atoms with Crippen LogP contribution in [0.25, 0.3) is 0 Å². The Morgan fingerprint density at radius 2 is 1.39 bits per heavy atom. The number of carbonyl (C=O) groups excluding carboxylic acids is 2. The van der Waals surface area contributed by atoms with Crippen LogP contribution in [-0.4, -0.2) is 17.2 Å². The number of amides is 4. The Balaban J connectivity index is 3.25. The number of aliphatic hydroxyl groups is 1. The van der Waals surface area contributed by atoms with Gasteiger partial charge in [-0.15, -0.1) is 0 Å². The average Bonchev–Trinajstić information content (AvgIpc) is 2.35. The summed E-state index contributed by atoms with van der Waals surface area (Å²) in [4.78, 5) is 21.9. The SMILES string of the molecule is NC(=O)N(N)c1cc(CO)cc(N(N)C(N)=O)c1. The third-order valence-corrected chi connectivity index (χ3v) is 2.18. The lowest BCUT2D eigenvalue weighted by Gasteiger charge is -2.19. The maximum atomic E-state index is 10.9. The van der Waals surface area contributed by atoms with Gasteiger partial charge in [0.2, 0.25) is 0 Å². The number of primary amides is 2.